The van der Waals surface area contributed by atoms with Gasteiger partial charge in [0.15, 0.2) is 0 Å². The van der Waals surface area contributed by atoms with Crippen molar-refractivity contribution in [3.8, 4) is 0 Å². The zero-order valence-electron chi connectivity index (χ0n) is 18.6. The average Bonchev–Trinajstić information content (AvgIpc) is 3.37. The van der Waals surface area contributed by atoms with Crippen LogP contribution in [0.3, 0.4) is 0 Å². The fourth-order valence-corrected chi connectivity index (χ4v) is 5.61. The molecule has 8 nitrogen and oxygen atoms in total. The highest BCUT2D eigenvalue weighted by molar-refractivity contribution is 6.25. The van der Waals surface area contributed by atoms with Gasteiger partial charge in [-0.2, -0.15) is 0 Å². The normalized spacial score (nSPS) is 27.3. The topological polar surface area (TPSA) is 122 Å². The third-order valence-corrected chi connectivity index (χ3v) is 7.11. The van der Waals surface area contributed by atoms with Crippen molar-refractivity contribution in [2.24, 2.45) is 17.6 Å². The molecule has 2 aromatic rings. The molecule has 9 heteroatoms. The van der Waals surface area contributed by atoms with Crippen molar-refractivity contribution in [1.82, 2.24) is 5.32 Å². The van der Waals surface area contributed by atoms with Crippen molar-refractivity contribution in [3.05, 3.63) is 59.4 Å². The first-order chi connectivity index (χ1) is 16.3. The minimum atomic E-state index is -1.68. The van der Waals surface area contributed by atoms with E-state index in [0.29, 0.717) is 11.4 Å². The van der Waals surface area contributed by atoms with Gasteiger partial charge in [-0.3, -0.25) is 24.5 Å². The van der Waals surface area contributed by atoms with Gasteiger partial charge in [0.25, 0.3) is 0 Å². The van der Waals surface area contributed by atoms with E-state index in [2.05, 4.69) is 17.6 Å². The summed E-state index contributed by atoms with van der Waals surface area (Å²) in [7, 11) is 0. The maximum absolute atomic E-state index is 14.2. The Labute approximate surface area is 195 Å². The number of hydrogen-bond acceptors (Lipinski definition) is 5. The van der Waals surface area contributed by atoms with Crippen LogP contribution in [0, 0.1) is 17.7 Å². The van der Waals surface area contributed by atoms with Crippen LogP contribution >= 0.6 is 0 Å². The van der Waals surface area contributed by atoms with Crippen molar-refractivity contribution in [1.29, 1.82) is 0 Å². The molecule has 1 spiro atoms. The number of amides is 4. The Bertz CT molecular complexity index is 1210. The summed E-state index contributed by atoms with van der Waals surface area (Å²) in [6, 6.07) is 10.1. The van der Waals surface area contributed by atoms with Crippen molar-refractivity contribution in [2.45, 2.75) is 44.2 Å². The maximum atomic E-state index is 14.2. The second-order valence-corrected chi connectivity index (χ2v) is 9.16. The summed E-state index contributed by atoms with van der Waals surface area (Å²) < 4.78 is 14.2. The highest BCUT2D eigenvalue weighted by atomic mass is 19.1. The summed E-state index contributed by atoms with van der Waals surface area (Å²) in [5.74, 6) is -5.04. The Morgan fingerprint density at radius 1 is 1.12 bits per heavy atom. The Morgan fingerprint density at radius 2 is 1.85 bits per heavy atom. The number of primary amides is 1. The zero-order chi connectivity index (χ0) is 24.2. The van der Waals surface area contributed by atoms with Crippen LogP contribution in [-0.4, -0.2) is 29.7 Å². The van der Waals surface area contributed by atoms with Crippen LogP contribution in [-0.2, 0) is 31.1 Å². The number of carbonyl (C=O) groups excluding carboxylic acids is 4. The fourth-order valence-electron chi connectivity index (χ4n) is 5.61. The van der Waals surface area contributed by atoms with Crippen LogP contribution in [0.5, 0.6) is 0 Å². The minimum absolute atomic E-state index is 0.246. The highest BCUT2D eigenvalue weighted by Crippen LogP contribution is 2.54. The number of benzene rings is 2. The van der Waals surface area contributed by atoms with E-state index in [0.717, 1.165) is 29.7 Å². The van der Waals surface area contributed by atoms with Gasteiger partial charge in [0.2, 0.25) is 23.6 Å². The van der Waals surface area contributed by atoms with E-state index in [9.17, 15) is 23.6 Å². The van der Waals surface area contributed by atoms with Gasteiger partial charge in [-0.05, 0) is 48.7 Å². The lowest BCUT2D eigenvalue weighted by molar-refractivity contribution is -0.130. The number of aryl methyl sites for hydroxylation is 1. The molecule has 5 rings (SSSR count). The molecule has 34 heavy (non-hydrogen) atoms. The molecule has 176 valence electrons. The molecule has 4 amide bonds. The van der Waals surface area contributed by atoms with E-state index < -0.39 is 52.9 Å². The minimum Gasteiger partial charge on any atom is -0.370 e. The number of halogens is 1. The van der Waals surface area contributed by atoms with Crippen LogP contribution < -0.4 is 21.3 Å². The molecule has 0 aromatic heterocycles. The molecule has 2 saturated heterocycles. The van der Waals surface area contributed by atoms with Crippen LogP contribution in [0.2, 0.25) is 0 Å². The molecule has 2 aromatic carbocycles. The molecular formula is C25H25FN4O4. The van der Waals surface area contributed by atoms with E-state index in [1.807, 2.05) is 12.1 Å². The molecule has 0 aliphatic carbocycles. The number of carbonyl (C=O) groups is 4. The molecule has 3 heterocycles. The third kappa shape index (κ3) is 3.14. The van der Waals surface area contributed by atoms with Crippen LogP contribution in [0.25, 0.3) is 0 Å². The third-order valence-electron chi connectivity index (χ3n) is 7.11. The van der Waals surface area contributed by atoms with Gasteiger partial charge in [-0.1, -0.05) is 25.5 Å². The zero-order valence-corrected chi connectivity index (χ0v) is 18.6. The molecule has 2 fully saturated rings. The Balaban J connectivity index is 1.59. The van der Waals surface area contributed by atoms with E-state index in [-0.39, 0.29) is 12.0 Å². The molecule has 0 radical (unpaired) electrons. The van der Waals surface area contributed by atoms with E-state index in [1.54, 1.807) is 12.1 Å². The standard InChI is InChI=1S/C25H25FN4O4/c1-2-3-4-13-5-8-15(9-6-13)30-22(32)20-18(12-19(27)31)29-25(21(20)23(30)33)16-11-14(26)7-10-17(16)28-24(25)34/h5-11,18,20-21,29H,2-4,12H2,1H3,(H2,27,31)(H,28,34)/t18-,20+,21-,25-/m1/s1. The average molecular weight is 464 g/mol. The monoisotopic (exact) mass is 464 g/mol. The molecular weight excluding hydrogens is 439 g/mol. The lowest BCUT2D eigenvalue weighted by Crippen LogP contribution is -2.53. The number of rotatable bonds is 6. The summed E-state index contributed by atoms with van der Waals surface area (Å²) in [6.07, 6.45) is 2.72. The molecule has 0 unspecified atom stereocenters. The van der Waals surface area contributed by atoms with E-state index in [1.165, 1.54) is 18.2 Å². The molecule has 4 N–H and O–H groups in total. The second-order valence-electron chi connectivity index (χ2n) is 9.16. The van der Waals surface area contributed by atoms with Crippen LogP contribution in [0.4, 0.5) is 15.8 Å². The quantitative estimate of drug-likeness (QED) is 0.565. The van der Waals surface area contributed by atoms with E-state index >= 15 is 0 Å². The van der Waals surface area contributed by atoms with Gasteiger partial charge in [0, 0.05) is 23.7 Å². The Morgan fingerprint density at radius 3 is 2.53 bits per heavy atom. The molecule has 0 bridgehead atoms. The van der Waals surface area contributed by atoms with E-state index in [4.69, 9.17) is 5.73 Å². The van der Waals surface area contributed by atoms with Gasteiger partial charge in [-0.25, -0.2) is 9.29 Å². The number of nitrogens with two attached hydrogens (primary N) is 1. The number of fused-ring (bicyclic) bond motifs is 4. The largest absolute Gasteiger partial charge is 0.370 e. The summed E-state index contributed by atoms with van der Waals surface area (Å²) in [5.41, 5.74) is 5.85. The Kier molecular flexibility index (Phi) is 5.24. The van der Waals surface area contributed by atoms with Crippen molar-refractivity contribution >= 4 is 35.0 Å². The first kappa shape index (κ1) is 22.2. The molecule has 4 atom stereocenters. The van der Waals surface area contributed by atoms with Gasteiger partial charge < -0.3 is 11.1 Å². The van der Waals surface area contributed by atoms with Gasteiger partial charge in [0.05, 0.1) is 17.5 Å². The molecule has 0 saturated carbocycles. The smallest absolute Gasteiger partial charge is 0.250 e. The van der Waals surface area contributed by atoms with Crippen molar-refractivity contribution < 1.29 is 23.6 Å². The van der Waals surface area contributed by atoms with Crippen LogP contribution in [0.15, 0.2) is 42.5 Å². The van der Waals surface area contributed by atoms with Gasteiger partial charge in [-0.15, -0.1) is 0 Å². The lowest BCUT2D eigenvalue weighted by Gasteiger charge is -2.29. The first-order valence-electron chi connectivity index (χ1n) is 11.4. The van der Waals surface area contributed by atoms with Gasteiger partial charge >= 0.3 is 0 Å². The maximum Gasteiger partial charge on any atom is 0.250 e. The first-order valence-corrected chi connectivity index (χ1v) is 11.4. The van der Waals surface area contributed by atoms with Crippen molar-refractivity contribution in [3.63, 3.8) is 0 Å². The highest BCUT2D eigenvalue weighted by Gasteiger charge is 2.70. The van der Waals surface area contributed by atoms with Crippen LogP contribution in [0.1, 0.15) is 37.3 Å². The number of nitrogens with one attached hydrogen (secondary N) is 2. The van der Waals surface area contributed by atoms with Crippen molar-refractivity contribution in [2.75, 3.05) is 10.2 Å². The second kappa shape index (κ2) is 8.02. The molecule has 3 aliphatic rings. The lowest BCUT2D eigenvalue weighted by atomic mass is 9.76. The van der Waals surface area contributed by atoms with Gasteiger partial charge in [0.1, 0.15) is 11.4 Å². The summed E-state index contributed by atoms with van der Waals surface area (Å²) in [5, 5.41) is 5.74. The fraction of sp³-hybridized carbons (Fsp3) is 0.360. The number of unbranched alkanes of at least 4 members (excludes halogenated alkanes) is 1. The number of hydrogen-bond donors (Lipinski definition) is 3. The number of imide groups is 1. The molecule has 3 aliphatic heterocycles. The summed E-state index contributed by atoms with van der Waals surface area (Å²) in [6.45, 7) is 2.10. The Hall–Kier alpha value is -3.59. The SMILES string of the molecule is CCCCc1ccc(N2C(=O)[C@H]3[C@@H](CC(N)=O)N[C@@]4(C(=O)Nc5ccc(F)cc54)[C@H]3C2=O)cc1. The number of anilines is 2. The number of nitrogens with zero attached hydrogens (tertiary/aromatic N) is 1. The predicted octanol–water partition coefficient (Wildman–Crippen LogP) is 1.97. The predicted molar refractivity (Wildman–Crippen MR) is 122 cm³/mol. The summed E-state index contributed by atoms with van der Waals surface area (Å²) >= 11 is 0. The summed E-state index contributed by atoms with van der Waals surface area (Å²) in [4.78, 5) is 53.5.